The lowest BCUT2D eigenvalue weighted by Crippen LogP contribution is -2.36. The molecule has 0 atom stereocenters. The molecule has 108 valence electrons. The van der Waals surface area contributed by atoms with E-state index in [9.17, 15) is 4.79 Å². The Morgan fingerprint density at radius 1 is 1.35 bits per heavy atom. The molecular weight excluding hydrogens is 272 g/mol. The number of anilines is 1. The molecule has 3 nitrogen and oxygen atoms in total. The summed E-state index contributed by atoms with van der Waals surface area (Å²) in [5, 5.41) is 0.429. The number of hydrogen-bond acceptors (Lipinski definition) is 2. The minimum absolute atomic E-state index is 0.0103. The lowest BCUT2D eigenvalue weighted by atomic mass is 9.83. The van der Waals surface area contributed by atoms with Crippen LogP contribution in [-0.4, -0.2) is 23.9 Å². The Labute approximate surface area is 125 Å². The number of nitrogen functional groups attached to an aromatic ring is 1. The quantitative estimate of drug-likeness (QED) is 0.633. The second-order valence-electron chi connectivity index (χ2n) is 6.22. The number of hydrogen-bond donors (Lipinski definition) is 1. The highest BCUT2D eigenvalue weighted by Gasteiger charge is 2.24. The largest absolute Gasteiger partial charge is 0.398 e. The van der Waals surface area contributed by atoms with Crippen molar-refractivity contribution in [3.05, 3.63) is 40.4 Å². The highest BCUT2D eigenvalue weighted by Crippen LogP contribution is 2.30. The van der Waals surface area contributed by atoms with E-state index in [0.29, 0.717) is 22.8 Å². The van der Waals surface area contributed by atoms with Crippen LogP contribution in [0.25, 0.3) is 0 Å². The monoisotopic (exact) mass is 292 g/mol. The Hall–Kier alpha value is -1.48. The molecule has 0 aromatic heterocycles. The van der Waals surface area contributed by atoms with Gasteiger partial charge in [-0.3, -0.25) is 4.79 Å². The van der Waals surface area contributed by atoms with Crippen LogP contribution in [0, 0.1) is 5.41 Å². The van der Waals surface area contributed by atoms with E-state index in [1.54, 1.807) is 18.2 Å². The molecular formula is C16H21ClN2O. The van der Waals surface area contributed by atoms with Gasteiger partial charge in [0.15, 0.2) is 0 Å². The maximum Gasteiger partial charge on any atom is 0.254 e. The summed E-state index contributed by atoms with van der Waals surface area (Å²) in [6.45, 7) is 8.03. The van der Waals surface area contributed by atoms with Crippen molar-refractivity contribution in [3.8, 4) is 0 Å². The zero-order valence-corrected chi connectivity index (χ0v) is 13.0. The molecule has 0 unspecified atom stereocenters. The summed E-state index contributed by atoms with van der Waals surface area (Å²) in [6.07, 6.45) is 3.10. The summed E-state index contributed by atoms with van der Waals surface area (Å²) in [4.78, 5) is 14.3. The number of nitrogens with two attached hydrogens (primary N) is 1. The molecule has 1 aromatic carbocycles. The Morgan fingerprint density at radius 3 is 2.55 bits per heavy atom. The first-order chi connectivity index (χ1) is 9.29. The number of rotatable bonds is 1. The van der Waals surface area contributed by atoms with E-state index in [-0.39, 0.29) is 11.3 Å². The summed E-state index contributed by atoms with van der Waals surface area (Å²) in [5.41, 5.74) is 8.35. The van der Waals surface area contributed by atoms with Crippen LogP contribution in [0.2, 0.25) is 5.02 Å². The molecule has 2 rings (SSSR count). The van der Waals surface area contributed by atoms with Gasteiger partial charge in [0.25, 0.3) is 5.91 Å². The van der Waals surface area contributed by atoms with E-state index < -0.39 is 0 Å². The third-order valence-electron chi connectivity index (χ3n) is 3.71. The van der Waals surface area contributed by atoms with Crippen molar-refractivity contribution in [1.82, 2.24) is 4.90 Å². The molecule has 1 aliphatic heterocycles. The second kappa shape index (κ2) is 5.49. The molecule has 0 saturated heterocycles. The smallest absolute Gasteiger partial charge is 0.254 e. The Bertz CT molecular complexity index is 558. The van der Waals surface area contributed by atoms with Gasteiger partial charge in [-0.25, -0.2) is 0 Å². The third-order valence-corrected chi connectivity index (χ3v) is 4.03. The van der Waals surface area contributed by atoms with Gasteiger partial charge >= 0.3 is 0 Å². The van der Waals surface area contributed by atoms with Crippen molar-refractivity contribution in [2.75, 3.05) is 18.8 Å². The predicted molar refractivity (Wildman–Crippen MR) is 83.9 cm³/mol. The molecule has 0 spiro atoms. The van der Waals surface area contributed by atoms with Crippen molar-refractivity contribution in [2.45, 2.75) is 27.2 Å². The lowest BCUT2D eigenvalue weighted by Gasteiger charge is -2.32. The first-order valence-corrected chi connectivity index (χ1v) is 7.20. The molecule has 1 amide bonds. The average Bonchev–Trinajstić information content (AvgIpc) is 2.40. The van der Waals surface area contributed by atoms with E-state index in [0.717, 1.165) is 13.0 Å². The molecule has 0 bridgehead atoms. The van der Waals surface area contributed by atoms with Gasteiger partial charge in [0.2, 0.25) is 0 Å². The molecule has 20 heavy (non-hydrogen) atoms. The fraction of sp³-hybridized carbons (Fsp3) is 0.438. The first-order valence-electron chi connectivity index (χ1n) is 6.83. The van der Waals surface area contributed by atoms with Gasteiger partial charge in [-0.15, -0.1) is 0 Å². The number of benzene rings is 1. The number of amides is 1. The van der Waals surface area contributed by atoms with Crippen molar-refractivity contribution in [1.29, 1.82) is 0 Å². The van der Waals surface area contributed by atoms with Gasteiger partial charge in [0, 0.05) is 18.7 Å². The summed E-state index contributed by atoms with van der Waals surface area (Å²) in [7, 11) is 0. The van der Waals surface area contributed by atoms with Crippen LogP contribution in [-0.2, 0) is 0 Å². The van der Waals surface area contributed by atoms with E-state index in [1.165, 1.54) is 5.57 Å². The van der Waals surface area contributed by atoms with Crippen LogP contribution in [0.4, 0.5) is 5.69 Å². The molecule has 0 aliphatic carbocycles. The standard InChI is InChI=1S/C16H21ClN2O/c1-16(2,3)12-6-8-19(9-7-12)15(20)11-4-5-14(18)13(17)10-11/h4-6,10H,7-9,18H2,1-3H3. The van der Waals surface area contributed by atoms with Gasteiger partial charge in [-0.05, 0) is 30.0 Å². The van der Waals surface area contributed by atoms with Crippen LogP contribution in [0.3, 0.4) is 0 Å². The molecule has 0 saturated carbocycles. The SMILES string of the molecule is CC(C)(C)C1=CCN(C(=O)c2ccc(N)c(Cl)c2)CC1. The van der Waals surface area contributed by atoms with Crippen LogP contribution < -0.4 is 5.73 Å². The van der Waals surface area contributed by atoms with Crippen LogP contribution >= 0.6 is 11.6 Å². The molecule has 0 radical (unpaired) electrons. The van der Waals surface area contributed by atoms with Crippen molar-refractivity contribution in [2.24, 2.45) is 5.41 Å². The van der Waals surface area contributed by atoms with E-state index in [4.69, 9.17) is 17.3 Å². The number of carbonyl (C=O) groups is 1. The van der Waals surface area contributed by atoms with Gasteiger partial charge in [0.1, 0.15) is 0 Å². The summed E-state index contributed by atoms with van der Waals surface area (Å²) in [6, 6.07) is 5.05. The van der Waals surface area contributed by atoms with Gasteiger partial charge in [-0.1, -0.05) is 44.0 Å². The molecule has 4 heteroatoms. The maximum atomic E-state index is 12.4. The van der Waals surface area contributed by atoms with Crippen molar-refractivity contribution >= 4 is 23.2 Å². The van der Waals surface area contributed by atoms with E-state index in [2.05, 4.69) is 26.8 Å². The second-order valence-corrected chi connectivity index (χ2v) is 6.62. The molecule has 2 N–H and O–H groups in total. The molecule has 1 aliphatic rings. The van der Waals surface area contributed by atoms with E-state index >= 15 is 0 Å². The summed E-state index contributed by atoms with van der Waals surface area (Å²) >= 11 is 5.97. The Morgan fingerprint density at radius 2 is 2.05 bits per heavy atom. The van der Waals surface area contributed by atoms with Gasteiger partial charge in [0.05, 0.1) is 10.7 Å². The van der Waals surface area contributed by atoms with Gasteiger partial charge in [-0.2, -0.15) is 0 Å². The van der Waals surface area contributed by atoms with Crippen molar-refractivity contribution < 1.29 is 4.79 Å². The molecule has 0 fully saturated rings. The Kier molecular flexibility index (Phi) is 4.09. The number of halogens is 1. The predicted octanol–water partition coefficient (Wildman–Crippen LogP) is 3.74. The van der Waals surface area contributed by atoms with Gasteiger partial charge < -0.3 is 10.6 Å². The van der Waals surface area contributed by atoms with E-state index in [1.807, 2.05) is 4.90 Å². The molecule has 1 aromatic rings. The zero-order chi connectivity index (χ0) is 14.9. The summed E-state index contributed by atoms with van der Waals surface area (Å²) < 4.78 is 0. The maximum absolute atomic E-state index is 12.4. The average molecular weight is 293 g/mol. The fourth-order valence-electron chi connectivity index (χ4n) is 2.38. The number of nitrogens with zero attached hydrogens (tertiary/aromatic N) is 1. The van der Waals surface area contributed by atoms with Crippen LogP contribution in [0.1, 0.15) is 37.6 Å². The number of carbonyl (C=O) groups excluding carboxylic acids is 1. The topological polar surface area (TPSA) is 46.3 Å². The fourth-order valence-corrected chi connectivity index (χ4v) is 2.56. The van der Waals surface area contributed by atoms with Crippen LogP contribution in [0.5, 0.6) is 0 Å². The Balaban J connectivity index is 2.12. The van der Waals surface area contributed by atoms with Crippen LogP contribution in [0.15, 0.2) is 29.8 Å². The highest BCUT2D eigenvalue weighted by atomic mass is 35.5. The minimum atomic E-state index is 0.0103. The zero-order valence-electron chi connectivity index (χ0n) is 12.2. The minimum Gasteiger partial charge on any atom is -0.398 e. The highest BCUT2D eigenvalue weighted by molar-refractivity contribution is 6.33. The lowest BCUT2D eigenvalue weighted by molar-refractivity contribution is 0.0765. The first kappa shape index (κ1) is 14.9. The molecule has 1 heterocycles. The summed E-state index contributed by atoms with van der Waals surface area (Å²) in [5.74, 6) is 0.0103. The van der Waals surface area contributed by atoms with Crippen molar-refractivity contribution in [3.63, 3.8) is 0 Å². The third kappa shape index (κ3) is 3.15. The normalized spacial score (nSPS) is 16.0.